The number of nitrogens with zero attached hydrogens (tertiary/aromatic N) is 2. The minimum absolute atomic E-state index is 0.0102. The quantitative estimate of drug-likeness (QED) is 0.867. The Morgan fingerprint density at radius 3 is 2.62 bits per heavy atom. The monoisotopic (exact) mass is 326 g/mol. The maximum absolute atomic E-state index is 12.7. The highest BCUT2D eigenvalue weighted by atomic mass is 16.5. The summed E-state index contributed by atoms with van der Waals surface area (Å²) in [5.41, 5.74) is 1.65. The molecule has 3 rings (SSSR count). The molecule has 24 heavy (non-hydrogen) atoms. The third-order valence-electron chi connectivity index (χ3n) is 3.92. The van der Waals surface area contributed by atoms with E-state index in [0.29, 0.717) is 31.1 Å². The molecule has 126 valence electrons. The van der Waals surface area contributed by atoms with Crippen molar-refractivity contribution >= 4 is 5.91 Å². The second-order valence-corrected chi connectivity index (χ2v) is 6.12. The number of hydrogen-bond acceptors (Lipinski definition) is 4. The first-order chi connectivity index (χ1) is 11.6. The number of ether oxygens (including phenoxy) is 2. The number of aromatic nitrogens is 1. The molecule has 0 unspecified atom stereocenters. The Bertz CT molecular complexity index is 680. The van der Waals surface area contributed by atoms with E-state index in [-0.39, 0.29) is 18.1 Å². The van der Waals surface area contributed by atoms with Gasteiger partial charge >= 0.3 is 0 Å². The Kier molecular flexibility index (Phi) is 5.11. The Morgan fingerprint density at radius 1 is 1.21 bits per heavy atom. The number of pyridine rings is 1. The van der Waals surface area contributed by atoms with Crippen molar-refractivity contribution in [3.63, 3.8) is 0 Å². The Balaban J connectivity index is 1.67. The fraction of sp³-hybridized carbons (Fsp3) is 0.368. The van der Waals surface area contributed by atoms with E-state index in [1.165, 1.54) is 0 Å². The number of carbonyl (C=O) groups excluding carboxylic acids is 1. The van der Waals surface area contributed by atoms with Crippen LogP contribution in [0.15, 0.2) is 48.7 Å². The van der Waals surface area contributed by atoms with Crippen LogP contribution < -0.4 is 4.74 Å². The molecule has 1 aliphatic heterocycles. The maximum Gasteiger partial charge on any atom is 0.254 e. The molecular formula is C19H22N2O3. The van der Waals surface area contributed by atoms with E-state index in [0.717, 1.165) is 5.56 Å². The number of hydrogen-bond donors (Lipinski definition) is 0. The molecule has 2 heterocycles. The summed E-state index contributed by atoms with van der Waals surface area (Å²) in [6.07, 6.45) is 1.71. The number of benzene rings is 1. The third-order valence-corrected chi connectivity index (χ3v) is 3.92. The molecule has 0 N–H and O–H groups in total. The van der Waals surface area contributed by atoms with E-state index in [4.69, 9.17) is 9.47 Å². The zero-order valence-corrected chi connectivity index (χ0v) is 14.0. The van der Waals surface area contributed by atoms with E-state index >= 15 is 0 Å². The van der Waals surface area contributed by atoms with Gasteiger partial charge in [-0.2, -0.15) is 0 Å². The summed E-state index contributed by atoms with van der Waals surface area (Å²) < 4.78 is 11.4. The Labute approximate surface area is 142 Å². The van der Waals surface area contributed by atoms with Crippen LogP contribution in [0.1, 0.15) is 29.8 Å². The summed E-state index contributed by atoms with van der Waals surface area (Å²) in [7, 11) is 0. The van der Waals surface area contributed by atoms with E-state index in [9.17, 15) is 4.79 Å². The van der Waals surface area contributed by atoms with E-state index in [1.54, 1.807) is 18.3 Å². The van der Waals surface area contributed by atoms with Crippen molar-refractivity contribution < 1.29 is 14.3 Å². The van der Waals surface area contributed by atoms with E-state index in [1.807, 2.05) is 49.1 Å². The molecular weight excluding hydrogens is 304 g/mol. The molecule has 0 spiro atoms. The highest BCUT2D eigenvalue weighted by Gasteiger charge is 2.26. The molecule has 0 radical (unpaired) electrons. The molecule has 1 amide bonds. The molecule has 0 bridgehead atoms. The molecule has 1 aliphatic rings. The standard InChI is InChI=1S/C19H22N2O3/c1-14-11-21(12-15(2)24-14)19(22)17-8-9-20-18(10-17)23-13-16-6-4-3-5-7-16/h3-10,14-15H,11-13H2,1-2H3/t14-,15-/m0/s1. The molecule has 5 heteroatoms. The minimum Gasteiger partial charge on any atom is -0.473 e. The van der Waals surface area contributed by atoms with Gasteiger partial charge in [0.1, 0.15) is 6.61 Å². The normalized spacial score (nSPS) is 20.7. The first kappa shape index (κ1) is 16.5. The summed E-state index contributed by atoms with van der Waals surface area (Å²) in [4.78, 5) is 18.7. The molecule has 2 aromatic rings. The lowest BCUT2D eigenvalue weighted by Crippen LogP contribution is -2.48. The van der Waals surface area contributed by atoms with Gasteiger partial charge in [0.2, 0.25) is 5.88 Å². The second kappa shape index (κ2) is 7.45. The number of morpholine rings is 1. The van der Waals surface area contributed by atoms with Crippen molar-refractivity contribution in [3.8, 4) is 5.88 Å². The lowest BCUT2D eigenvalue weighted by atomic mass is 10.1. The predicted octanol–water partition coefficient (Wildman–Crippen LogP) is 2.91. The predicted molar refractivity (Wildman–Crippen MR) is 90.9 cm³/mol. The summed E-state index contributed by atoms with van der Waals surface area (Å²) >= 11 is 0. The molecule has 1 aromatic carbocycles. The molecule has 2 atom stereocenters. The second-order valence-electron chi connectivity index (χ2n) is 6.12. The van der Waals surface area contributed by atoms with Gasteiger partial charge in [0.15, 0.2) is 0 Å². The van der Waals surface area contributed by atoms with Crippen LogP contribution in [0, 0.1) is 0 Å². The fourth-order valence-electron chi connectivity index (χ4n) is 2.88. The van der Waals surface area contributed by atoms with Crippen molar-refractivity contribution in [3.05, 3.63) is 59.8 Å². The average Bonchev–Trinajstić information content (AvgIpc) is 2.59. The van der Waals surface area contributed by atoms with Gasteiger partial charge in [-0.25, -0.2) is 4.98 Å². The van der Waals surface area contributed by atoms with Crippen molar-refractivity contribution in [2.24, 2.45) is 0 Å². The van der Waals surface area contributed by atoms with Crippen molar-refractivity contribution in [1.82, 2.24) is 9.88 Å². The van der Waals surface area contributed by atoms with Gasteiger partial charge in [-0.05, 0) is 25.5 Å². The van der Waals surface area contributed by atoms with E-state index < -0.39 is 0 Å². The van der Waals surface area contributed by atoms with Gasteiger partial charge in [0.25, 0.3) is 5.91 Å². The number of amides is 1. The molecule has 1 aromatic heterocycles. The third kappa shape index (κ3) is 4.11. The zero-order chi connectivity index (χ0) is 16.9. The lowest BCUT2D eigenvalue weighted by molar-refractivity contribution is -0.0586. The Hall–Kier alpha value is -2.40. The van der Waals surface area contributed by atoms with Gasteiger partial charge in [0, 0.05) is 30.9 Å². The van der Waals surface area contributed by atoms with Crippen LogP contribution in [0.25, 0.3) is 0 Å². The SMILES string of the molecule is C[C@H]1CN(C(=O)c2ccnc(OCc3ccccc3)c2)C[C@H](C)O1. The number of carbonyl (C=O) groups is 1. The van der Waals surface area contributed by atoms with Gasteiger partial charge in [0.05, 0.1) is 12.2 Å². The van der Waals surface area contributed by atoms with Gasteiger partial charge in [-0.3, -0.25) is 4.79 Å². The molecule has 1 saturated heterocycles. The van der Waals surface area contributed by atoms with Crippen molar-refractivity contribution in [2.45, 2.75) is 32.7 Å². The Morgan fingerprint density at radius 2 is 1.92 bits per heavy atom. The number of rotatable bonds is 4. The van der Waals surface area contributed by atoms with Crippen LogP contribution >= 0.6 is 0 Å². The lowest BCUT2D eigenvalue weighted by Gasteiger charge is -2.35. The van der Waals surface area contributed by atoms with Crippen molar-refractivity contribution in [2.75, 3.05) is 13.1 Å². The van der Waals surface area contributed by atoms with Crippen LogP contribution in [0.4, 0.5) is 0 Å². The highest BCUT2D eigenvalue weighted by molar-refractivity contribution is 5.94. The largest absolute Gasteiger partial charge is 0.473 e. The van der Waals surface area contributed by atoms with Gasteiger partial charge < -0.3 is 14.4 Å². The smallest absolute Gasteiger partial charge is 0.254 e. The van der Waals surface area contributed by atoms with Crippen LogP contribution in [-0.2, 0) is 11.3 Å². The molecule has 1 fully saturated rings. The van der Waals surface area contributed by atoms with Gasteiger partial charge in [-0.15, -0.1) is 0 Å². The van der Waals surface area contributed by atoms with Gasteiger partial charge in [-0.1, -0.05) is 30.3 Å². The van der Waals surface area contributed by atoms with Crippen LogP contribution in [0.3, 0.4) is 0 Å². The minimum atomic E-state index is -0.0102. The molecule has 0 aliphatic carbocycles. The zero-order valence-electron chi connectivity index (χ0n) is 14.0. The van der Waals surface area contributed by atoms with Crippen molar-refractivity contribution in [1.29, 1.82) is 0 Å². The van der Waals surface area contributed by atoms with Crippen LogP contribution in [-0.4, -0.2) is 41.1 Å². The highest BCUT2D eigenvalue weighted by Crippen LogP contribution is 2.17. The summed E-state index contributed by atoms with van der Waals surface area (Å²) in [5, 5.41) is 0. The summed E-state index contributed by atoms with van der Waals surface area (Å²) in [6, 6.07) is 13.3. The van der Waals surface area contributed by atoms with Crippen LogP contribution in [0.2, 0.25) is 0 Å². The topological polar surface area (TPSA) is 51.7 Å². The first-order valence-corrected chi connectivity index (χ1v) is 8.19. The fourth-order valence-corrected chi connectivity index (χ4v) is 2.88. The molecule has 5 nitrogen and oxygen atoms in total. The maximum atomic E-state index is 12.7. The summed E-state index contributed by atoms with van der Waals surface area (Å²) in [5.74, 6) is 0.447. The first-order valence-electron chi connectivity index (χ1n) is 8.19. The summed E-state index contributed by atoms with van der Waals surface area (Å²) in [6.45, 7) is 5.60. The average molecular weight is 326 g/mol. The molecule has 0 saturated carbocycles. The van der Waals surface area contributed by atoms with E-state index in [2.05, 4.69) is 4.98 Å². The van der Waals surface area contributed by atoms with Crippen LogP contribution in [0.5, 0.6) is 5.88 Å².